The SMILES string of the molecule is COc1ccc(NC2=C(c3ccccc3)C(=O)N(c3cccc(Cl)c3Cl)C2=O)c(OC)c1. The quantitative estimate of drug-likeness (QED) is 0.490. The number of carbonyl (C=O) groups excluding carboxylic acids is 2. The van der Waals surface area contributed by atoms with Crippen molar-refractivity contribution < 1.29 is 19.1 Å². The maximum Gasteiger partial charge on any atom is 0.282 e. The molecule has 0 aromatic heterocycles. The first kappa shape index (κ1) is 21.7. The van der Waals surface area contributed by atoms with Gasteiger partial charge in [0.05, 0.1) is 41.2 Å². The van der Waals surface area contributed by atoms with Crippen molar-refractivity contribution in [2.75, 3.05) is 24.4 Å². The Kier molecular flexibility index (Phi) is 6.08. The molecule has 1 N–H and O–H groups in total. The summed E-state index contributed by atoms with van der Waals surface area (Å²) < 4.78 is 10.7. The topological polar surface area (TPSA) is 67.9 Å². The molecule has 1 aliphatic rings. The molecular formula is C24H18Cl2N2O4. The van der Waals surface area contributed by atoms with Crippen LogP contribution >= 0.6 is 23.2 Å². The average molecular weight is 469 g/mol. The minimum atomic E-state index is -0.559. The van der Waals surface area contributed by atoms with Crippen LogP contribution < -0.4 is 19.7 Å². The van der Waals surface area contributed by atoms with Gasteiger partial charge in [0.15, 0.2) is 0 Å². The van der Waals surface area contributed by atoms with Crippen molar-refractivity contribution in [1.82, 2.24) is 0 Å². The fourth-order valence-corrected chi connectivity index (χ4v) is 3.82. The van der Waals surface area contributed by atoms with Crippen LogP contribution in [0.1, 0.15) is 5.56 Å². The third-order valence-electron chi connectivity index (χ3n) is 4.99. The number of rotatable bonds is 6. The summed E-state index contributed by atoms with van der Waals surface area (Å²) in [7, 11) is 3.05. The number of amides is 2. The normalized spacial score (nSPS) is 13.6. The molecule has 0 unspecified atom stereocenters. The molecule has 1 aliphatic heterocycles. The summed E-state index contributed by atoms with van der Waals surface area (Å²) in [5.41, 5.74) is 1.60. The molecule has 8 heteroatoms. The van der Waals surface area contributed by atoms with Gasteiger partial charge in [-0.25, -0.2) is 4.90 Å². The Hall–Kier alpha value is -3.48. The van der Waals surface area contributed by atoms with Gasteiger partial charge in [0.25, 0.3) is 11.8 Å². The van der Waals surface area contributed by atoms with Gasteiger partial charge in [-0.3, -0.25) is 9.59 Å². The van der Waals surface area contributed by atoms with Crippen LogP contribution in [0.5, 0.6) is 11.5 Å². The number of hydrogen-bond acceptors (Lipinski definition) is 5. The molecule has 1 heterocycles. The summed E-state index contributed by atoms with van der Waals surface area (Å²) in [4.78, 5) is 28.0. The molecule has 0 aliphatic carbocycles. The molecule has 0 bridgehead atoms. The maximum atomic E-state index is 13.5. The lowest BCUT2D eigenvalue weighted by Gasteiger charge is -2.18. The minimum Gasteiger partial charge on any atom is -0.497 e. The minimum absolute atomic E-state index is 0.0979. The van der Waals surface area contributed by atoms with Gasteiger partial charge in [0, 0.05) is 6.07 Å². The van der Waals surface area contributed by atoms with Gasteiger partial charge in [-0.05, 0) is 29.8 Å². The number of halogens is 2. The molecule has 0 radical (unpaired) electrons. The maximum absolute atomic E-state index is 13.5. The Balaban J connectivity index is 1.85. The van der Waals surface area contributed by atoms with Crippen LogP contribution in [0.4, 0.5) is 11.4 Å². The van der Waals surface area contributed by atoms with E-state index in [1.165, 1.54) is 7.11 Å². The van der Waals surface area contributed by atoms with Gasteiger partial charge in [0.2, 0.25) is 0 Å². The number of nitrogens with one attached hydrogen (secondary N) is 1. The zero-order valence-electron chi connectivity index (χ0n) is 17.2. The first-order chi connectivity index (χ1) is 15.5. The van der Waals surface area contributed by atoms with E-state index in [0.29, 0.717) is 22.7 Å². The molecule has 0 saturated heterocycles. The second-order valence-corrected chi connectivity index (χ2v) is 7.61. The first-order valence-electron chi connectivity index (χ1n) is 9.57. The number of hydrogen-bond donors (Lipinski definition) is 1. The monoisotopic (exact) mass is 468 g/mol. The van der Waals surface area contributed by atoms with E-state index in [4.69, 9.17) is 32.7 Å². The number of carbonyl (C=O) groups is 2. The summed E-state index contributed by atoms with van der Waals surface area (Å²) >= 11 is 12.5. The Morgan fingerprint density at radius 1 is 0.844 bits per heavy atom. The van der Waals surface area contributed by atoms with Crippen molar-refractivity contribution in [1.29, 1.82) is 0 Å². The van der Waals surface area contributed by atoms with Crippen molar-refractivity contribution in [2.24, 2.45) is 0 Å². The Morgan fingerprint density at radius 3 is 2.28 bits per heavy atom. The molecule has 0 fully saturated rings. The van der Waals surface area contributed by atoms with Gasteiger partial charge >= 0.3 is 0 Å². The van der Waals surface area contributed by atoms with Gasteiger partial charge in [-0.1, -0.05) is 59.6 Å². The van der Waals surface area contributed by atoms with Gasteiger partial charge in [-0.15, -0.1) is 0 Å². The molecular weight excluding hydrogens is 451 g/mol. The summed E-state index contributed by atoms with van der Waals surface area (Å²) in [5, 5.41) is 3.44. The standard InChI is InChI=1S/C24H18Cl2N2O4/c1-31-15-11-12-17(19(13-15)32-2)27-22-20(14-7-4-3-5-8-14)23(29)28(24(22)30)18-10-6-9-16(25)21(18)26/h3-13,27H,1-2H3. The molecule has 3 aromatic carbocycles. The molecule has 4 rings (SSSR count). The highest BCUT2D eigenvalue weighted by molar-refractivity contribution is 6.50. The van der Waals surface area contributed by atoms with E-state index < -0.39 is 11.8 Å². The van der Waals surface area contributed by atoms with Crippen molar-refractivity contribution in [2.45, 2.75) is 0 Å². The first-order valence-corrected chi connectivity index (χ1v) is 10.3. The lowest BCUT2D eigenvalue weighted by atomic mass is 10.0. The summed E-state index contributed by atoms with van der Waals surface area (Å²) in [6.07, 6.45) is 0. The Bertz CT molecular complexity index is 1240. The number of imide groups is 1. The van der Waals surface area contributed by atoms with Crippen LogP contribution in [0.15, 0.2) is 72.4 Å². The summed E-state index contributed by atoms with van der Waals surface area (Å²) in [6.45, 7) is 0. The van der Waals surface area contributed by atoms with Gasteiger partial charge in [0.1, 0.15) is 17.2 Å². The van der Waals surface area contributed by atoms with E-state index in [9.17, 15) is 9.59 Å². The lowest BCUT2D eigenvalue weighted by molar-refractivity contribution is -0.120. The second kappa shape index (κ2) is 8.94. The Morgan fingerprint density at radius 2 is 1.59 bits per heavy atom. The van der Waals surface area contributed by atoms with Crippen molar-refractivity contribution in [3.05, 3.63) is 88.0 Å². The molecule has 0 atom stereocenters. The van der Waals surface area contributed by atoms with E-state index in [1.807, 2.05) is 6.07 Å². The number of benzene rings is 3. The largest absolute Gasteiger partial charge is 0.497 e. The van der Waals surface area contributed by atoms with E-state index in [1.54, 1.807) is 67.8 Å². The van der Waals surface area contributed by atoms with E-state index >= 15 is 0 Å². The molecule has 162 valence electrons. The lowest BCUT2D eigenvalue weighted by Crippen LogP contribution is -2.32. The molecule has 0 spiro atoms. The van der Waals surface area contributed by atoms with Gasteiger partial charge in [-0.2, -0.15) is 0 Å². The Labute approximate surface area is 195 Å². The van der Waals surface area contributed by atoms with Crippen LogP contribution in [-0.2, 0) is 9.59 Å². The smallest absolute Gasteiger partial charge is 0.282 e. The molecule has 3 aromatic rings. The molecule has 0 saturated carbocycles. The summed E-state index contributed by atoms with van der Waals surface area (Å²) in [6, 6.07) is 18.8. The number of nitrogens with zero attached hydrogens (tertiary/aromatic N) is 1. The third kappa shape index (κ3) is 3.79. The second-order valence-electron chi connectivity index (χ2n) is 6.83. The van der Waals surface area contributed by atoms with Crippen molar-refractivity contribution >= 4 is 52.0 Å². The van der Waals surface area contributed by atoms with Crippen molar-refractivity contribution in [3.8, 4) is 11.5 Å². The molecule has 6 nitrogen and oxygen atoms in total. The zero-order chi connectivity index (χ0) is 22.8. The predicted molar refractivity (Wildman–Crippen MR) is 125 cm³/mol. The average Bonchev–Trinajstić information content (AvgIpc) is 3.05. The van der Waals surface area contributed by atoms with E-state index in [0.717, 1.165) is 4.90 Å². The highest BCUT2D eigenvalue weighted by Gasteiger charge is 2.41. The number of anilines is 2. The van der Waals surface area contributed by atoms with Crippen LogP contribution in [0.2, 0.25) is 10.0 Å². The number of ether oxygens (including phenoxy) is 2. The highest BCUT2D eigenvalue weighted by Crippen LogP contribution is 2.40. The molecule has 32 heavy (non-hydrogen) atoms. The van der Waals surface area contributed by atoms with Crippen LogP contribution in [-0.4, -0.2) is 26.0 Å². The fraction of sp³-hybridized carbons (Fsp3) is 0.0833. The third-order valence-corrected chi connectivity index (χ3v) is 5.80. The molecule has 2 amide bonds. The number of methoxy groups -OCH3 is 2. The van der Waals surface area contributed by atoms with Crippen molar-refractivity contribution in [3.63, 3.8) is 0 Å². The van der Waals surface area contributed by atoms with Crippen LogP contribution in [0, 0.1) is 0 Å². The van der Waals surface area contributed by atoms with E-state index in [-0.39, 0.29) is 27.0 Å². The highest BCUT2D eigenvalue weighted by atomic mass is 35.5. The zero-order valence-corrected chi connectivity index (χ0v) is 18.7. The van der Waals surface area contributed by atoms with E-state index in [2.05, 4.69) is 5.32 Å². The fourth-order valence-electron chi connectivity index (χ4n) is 3.44. The predicted octanol–water partition coefficient (Wildman–Crippen LogP) is 5.41. The van der Waals surface area contributed by atoms with Crippen LogP contribution in [0.3, 0.4) is 0 Å². The van der Waals surface area contributed by atoms with Gasteiger partial charge < -0.3 is 14.8 Å². The summed E-state index contributed by atoms with van der Waals surface area (Å²) in [5.74, 6) is -0.0363. The van der Waals surface area contributed by atoms with Crippen LogP contribution in [0.25, 0.3) is 5.57 Å².